The number of ether oxygens (including phenoxy) is 1. The van der Waals surface area contributed by atoms with Gasteiger partial charge in [0.15, 0.2) is 0 Å². The topological polar surface area (TPSA) is 63.2 Å². The standard InChI is InChI=1S/C11H21N5O/c1-9-10(2)14-15-11(13-9)12-5-6-16(3)7-8-17-4/h5-8H2,1-4H3,(H,12,13,15). The molecule has 0 aliphatic heterocycles. The normalized spacial score (nSPS) is 10.9. The maximum atomic E-state index is 5.01. The first kappa shape index (κ1) is 13.8. The number of anilines is 1. The molecular formula is C11H21N5O. The van der Waals surface area contributed by atoms with Crippen molar-refractivity contribution in [2.24, 2.45) is 0 Å². The average Bonchev–Trinajstić information content (AvgIpc) is 2.31. The fourth-order valence-electron chi connectivity index (χ4n) is 1.25. The average molecular weight is 239 g/mol. The Kier molecular flexibility index (Phi) is 5.79. The first-order valence-electron chi connectivity index (χ1n) is 5.72. The minimum atomic E-state index is 0.591. The highest BCUT2D eigenvalue weighted by atomic mass is 16.5. The van der Waals surface area contributed by atoms with Crippen molar-refractivity contribution in [1.29, 1.82) is 0 Å². The number of aromatic nitrogens is 3. The Morgan fingerprint density at radius 2 is 1.94 bits per heavy atom. The van der Waals surface area contributed by atoms with Crippen LogP contribution in [-0.4, -0.2) is 60.5 Å². The third-order valence-corrected chi connectivity index (χ3v) is 2.55. The second-order valence-electron chi connectivity index (χ2n) is 4.03. The first-order valence-corrected chi connectivity index (χ1v) is 5.72. The summed E-state index contributed by atoms with van der Waals surface area (Å²) >= 11 is 0. The van der Waals surface area contributed by atoms with Crippen LogP contribution < -0.4 is 5.32 Å². The number of hydrogen-bond acceptors (Lipinski definition) is 6. The second kappa shape index (κ2) is 7.13. The monoisotopic (exact) mass is 239 g/mol. The maximum Gasteiger partial charge on any atom is 0.243 e. The summed E-state index contributed by atoms with van der Waals surface area (Å²) in [6, 6.07) is 0. The Morgan fingerprint density at radius 3 is 2.59 bits per heavy atom. The largest absolute Gasteiger partial charge is 0.383 e. The van der Waals surface area contributed by atoms with Crippen molar-refractivity contribution in [2.45, 2.75) is 13.8 Å². The summed E-state index contributed by atoms with van der Waals surface area (Å²) in [5.41, 5.74) is 1.78. The molecule has 96 valence electrons. The zero-order valence-corrected chi connectivity index (χ0v) is 11.0. The van der Waals surface area contributed by atoms with Gasteiger partial charge in [0, 0.05) is 26.7 Å². The Morgan fingerprint density at radius 1 is 1.18 bits per heavy atom. The van der Waals surface area contributed by atoms with Crippen molar-refractivity contribution in [2.75, 3.05) is 45.7 Å². The van der Waals surface area contributed by atoms with Gasteiger partial charge in [-0.05, 0) is 20.9 Å². The Hall–Kier alpha value is -1.27. The number of nitrogens with one attached hydrogen (secondary N) is 1. The van der Waals surface area contributed by atoms with Crippen LogP contribution in [-0.2, 0) is 4.74 Å². The van der Waals surface area contributed by atoms with E-state index in [1.165, 1.54) is 0 Å². The van der Waals surface area contributed by atoms with Gasteiger partial charge in [0.05, 0.1) is 18.0 Å². The van der Waals surface area contributed by atoms with Crippen LogP contribution in [0.1, 0.15) is 11.4 Å². The Bertz CT molecular complexity index is 345. The van der Waals surface area contributed by atoms with Gasteiger partial charge in [0.25, 0.3) is 0 Å². The molecular weight excluding hydrogens is 218 g/mol. The van der Waals surface area contributed by atoms with E-state index in [2.05, 4.69) is 32.4 Å². The molecule has 0 amide bonds. The van der Waals surface area contributed by atoms with E-state index in [9.17, 15) is 0 Å². The molecule has 1 aromatic heterocycles. The molecule has 0 saturated heterocycles. The van der Waals surface area contributed by atoms with Crippen molar-refractivity contribution in [3.8, 4) is 0 Å². The number of methoxy groups -OCH3 is 1. The molecule has 0 bridgehead atoms. The van der Waals surface area contributed by atoms with Gasteiger partial charge in [-0.15, -0.1) is 5.10 Å². The Labute approximate surface area is 102 Å². The summed E-state index contributed by atoms with van der Waals surface area (Å²) in [4.78, 5) is 6.49. The molecule has 0 saturated carbocycles. The minimum absolute atomic E-state index is 0.591. The van der Waals surface area contributed by atoms with Gasteiger partial charge in [-0.1, -0.05) is 0 Å². The highest BCUT2D eigenvalue weighted by Crippen LogP contribution is 2.01. The first-order chi connectivity index (χ1) is 8.13. The van der Waals surface area contributed by atoms with Crippen LogP contribution in [0.25, 0.3) is 0 Å². The molecule has 6 heteroatoms. The van der Waals surface area contributed by atoms with Crippen LogP contribution in [0.2, 0.25) is 0 Å². The van der Waals surface area contributed by atoms with E-state index in [-0.39, 0.29) is 0 Å². The highest BCUT2D eigenvalue weighted by molar-refractivity contribution is 5.24. The van der Waals surface area contributed by atoms with Crippen LogP contribution in [0.4, 0.5) is 5.95 Å². The summed E-state index contributed by atoms with van der Waals surface area (Å²) < 4.78 is 5.01. The molecule has 6 nitrogen and oxygen atoms in total. The predicted molar refractivity (Wildman–Crippen MR) is 67.2 cm³/mol. The number of aryl methyl sites for hydroxylation is 2. The molecule has 1 aromatic rings. The number of hydrogen-bond donors (Lipinski definition) is 1. The van der Waals surface area contributed by atoms with Crippen LogP contribution in [0.3, 0.4) is 0 Å². The number of rotatable bonds is 7. The summed E-state index contributed by atoms with van der Waals surface area (Å²) in [5, 5.41) is 11.2. The highest BCUT2D eigenvalue weighted by Gasteiger charge is 2.01. The molecule has 0 radical (unpaired) electrons. The van der Waals surface area contributed by atoms with E-state index < -0.39 is 0 Å². The number of likely N-dealkylation sites (N-methyl/N-ethyl adjacent to an activating group) is 1. The minimum Gasteiger partial charge on any atom is -0.383 e. The molecule has 0 fully saturated rings. The van der Waals surface area contributed by atoms with Gasteiger partial charge in [-0.3, -0.25) is 0 Å². The molecule has 0 aliphatic carbocycles. The van der Waals surface area contributed by atoms with Crippen molar-refractivity contribution >= 4 is 5.95 Å². The smallest absolute Gasteiger partial charge is 0.243 e. The summed E-state index contributed by atoms with van der Waals surface area (Å²) in [6.07, 6.45) is 0. The fraction of sp³-hybridized carbons (Fsp3) is 0.727. The van der Waals surface area contributed by atoms with E-state index in [0.717, 1.165) is 37.6 Å². The summed E-state index contributed by atoms with van der Waals surface area (Å²) in [7, 11) is 3.76. The second-order valence-corrected chi connectivity index (χ2v) is 4.03. The van der Waals surface area contributed by atoms with Crippen LogP contribution in [0.15, 0.2) is 0 Å². The van der Waals surface area contributed by atoms with Gasteiger partial charge in [0.2, 0.25) is 5.95 Å². The zero-order chi connectivity index (χ0) is 12.7. The summed E-state index contributed by atoms with van der Waals surface area (Å²) in [6.45, 7) is 7.21. The van der Waals surface area contributed by atoms with E-state index in [4.69, 9.17) is 4.74 Å². The molecule has 0 aromatic carbocycles. The lowest BCUT2D eigenvalue weighted by molar-refractivity contribution is 0.163. The van der Waals surface area contributed by atoms with E-state index in [1.807, 2.05) is 13.8 Å². The molecule has 0 atom stereocenters. The van der Waals surface area contributed by atoms with Gasteiger partial charge >= 0.3 is 0 Å². The van der Waals surface area contributed by atoms with Crippen LogP contribution in [0.5, 0.6) is 0 Å². The lowest BCUT2D eigenvalue weighted by atomic mass is 10.4. The van der Waals surface area contributed by atoms with E-state index in [1.54, 1.807) is 7.11 Å². The molecule has 0 unspecified atom stereocenters. The predicted octanol–water partition coefficient (Wildman–Crippen LogP) is 0.479. The van der Waals surface area contributed by atoms with Gasteiger partial charge in [-0.25, -0.2) is 4.98 Å². The third-order valence-electron chi connectivity index (χ3n) is 2.55. The van der Waals surface area contributed by atoms with E-state index >= 15 is 0 Å². The zero-order valence-electron chi connectivity index (χ0n) is 11.0. The number of nitrogens with zero attached hydrogens (tertiary/aromatic N) is 4. The van der Waals surface area contributed by atoms with Crippen molar-refractivity contribution in [3.63, 3.8) is 0 Å². The molecule has 17 heavy (non-hydrogen) atoms. The lowest BCUT2D eigenvalue weighted by Gasteiger charge is -2.16. The van der Waals surface area contributed by atoms with Gasteiger partial charge in [0.1, 0.15) is 0 Å². The van der Waals surface area contributed by atoms with E-state index in [0.29, 0.717) is 5.95 Å². The van der Waals surface area contributed by atoms with Crippen molar-refractivity contribution < 1.29 is 4.74 Å². The third kappa shape index (κ3) is 5.06. The van der Waals surface area contributed by atoms with Gasteiger partial charge < -0.3 is 15.0 Å². The quantitative estimate of drug-likeness (QED) is 0.746. The molecule has 0 spiro atoms. The van der Waals surface area contributed by atoms with Crippen LogP contribution >= 0.6 is 0 Å². The molecule has 1 heterocycles. The van der Waals surface area contributed by atoms with Gasteiger partial charge in [-0.2, -0.15) is 5.10 Å². The molecule has 1 N–H and O–H groups in total. The Balaban J connectivity index is 2.28. The summed E-state index contributed by atoms with van der Waals surface area (Å²) in [5.74, 6) is 0.591. The van der Waals surface area contributed by atoms with Crippen LogP contribution in [0, 0.1) is 13.8 Å². The SMILES string of the molecule is COCCN(C)CCNc1nnc(C)c(C)n1. The van der Waals surface area contributed by atoms with Crippen molar-refractivity contribution in [3.05, 3.63) is 11.4 Å². The lowest BCUT2D eigenvalue weighted by Crippen LogP contribution is -2.28. The maximum absolute atomic E-state index is 5.01. The fourth-order valence-corrected chi connectivity index (χ4v) is 1.25. The van der Waals surface area contributed by atoms with Crippen molar-refractivity contribution in [1.82, 2.24) is 20.1 Å². The molecule has 1 rings (SSSR count). The molecule has 0 aliphatic rings.